The molecule has 0 saturated heterocycles. The van der Waals surface area contributed by atoms with E-state index < -0.39 is 10.0 Å². The van der Waals surface area contributed by atoms with E-state index in [9.17, 15) is 13.2 Å². The third-order valence-corrected chi connectivity index (χ3v) is 5.18. The second kappa shape index (κ2) is 6.44. The van der Waals surface area contributed by atoms with Crippen LogP contribution in [0.1, 0.15) is 13.8 Å². The van der Waals surface area contributed by atoms with E-state index in [-0.39, 0.29) is 17.1 Å². The average Bonchev–Trinajstić information content (AvgIpc) is 2.19. The lowest BCUT2D eigenvalue weighted by molar-refractivity contribution is -0.130. The number of halogens is 1. The number of hydrogen-bond acceptors (Lipinski definition) is 3. The van der Waals surface area contributed by atoms with E-state index in [1.807, 2.05) is 13.8 Å². The van der Waals surface area contributed by atoms with Crippen LogP contribution in [0.5, 0.6) is 0 Å². The number of likely N-dealkylation sites (N-methyl/N-ethyl adjacent to an activating group) is 2. The highest BCUT2D eigenvalue weighted by Gasteiger charge is 2.20. The van der Waals surface area contributed by atoms with Gasteiger partial charge in [-0.25, -0.2) is 8.42 Å². The van der Waals surface area contributed by atoms with E-state index in [1.165, 1.54) is 7.05 Å². The van der Waals surface area contributed by atoms with E-state index in [0.717, 1.165) is 4.31 Å². The number of sulfonamides is 1. The maximum Gasteiger partial charge on any atom is 0.237 e. The highest BCUT2D eigenvalue weighted by atomic mass is 79.9. The van der Waals surface area contributed by atoms with Crippen LogP contribution in [0.15, 0.2) is 0 Å². The Kier molecular flexibility index (Phi) is 6.38. The molecule has 0 saturated carbocycles. The van der Waals surface area contributed by atoms with Crippen molar-refractivity contribution in [1.82, 2.24) is 9.21 Å². The molecule has 7 heteroatoms. The SMILES string of the molecule is CCN(CC)C(=O)CN(C)S(=O)(=O)CBr. The molecule has 15 heavy (non-hydrogen) atoms. The molecular weight excluding hydrogens is 284 g/mol. The third-order valence-electron chi connectivity index (χ3n) is 2.09. The van der Waals surface area contributed by atoms with Crippen LogP contribution in [0.3, 0.4) is 0 Å². The number of nitrogens with zero attached hydrogens (tertiary/aromatic N) is 2. The molecule has 0 unspecified atom stereocenters. The smallest absolute Gasteiger partial charge is 0.237 e. The van der Waals surface area contributed by atoms with E-state index in [1.54, 1.807) is 4.90 Å². The van der Waals surface area contributed by atoms with Crippen LogP contribution >= 0.6 is 15.9 Å². The molecule has 0 aromatic heterocycles. The molecule has 0 aliphatic carbocycles. The third kappa shape index (κ3) is 4.48. The quantitative estimate of drug-likeness (QED) is 0.670. The van der Waals surface area contributed by atoms with Crippen molar-refractivity contribution in [1.29, 1.82) is 0 Å². The first-order chi connectivity index (χ1) is 6.88. The monoisotopic (exact) mass is 300 g/mol. The van der Waals surface area contributed by atoms with E-state index in [0.29, 0.717) is 13.1 Å². The van der Waals surface area contributed by atoms with Crippen molar-refractivity contribution in [3.8, 4) is 0 Å². The number of hydrogen-bond donors (Lipinski definition) is 0. The summed E-state index contributed by atoms with van der Waals surface area (Å²) in [6.07, 6.45) is 0. The van der Waals surface area contributed by atoms with Crippen molar-refractivity contribution >= 4 is 31.9 Å². The van der Waals surface area contributed by atoms with Gasteiger partial charge in [0, 0.05) is 20.1 Å². The number of rotatable bonds is 6. The minimum absolute atomic E-state index is 0.102. The summed E-state index contributed by atoms with van der Waals surface area (Å²) in [7, 11) is -1.94. The van der Waals surface area contributed by atoms with Gasteiger partial charge in [-0.1, -0.05) is 15.9 Å². The van der Waals surface area contributed by atoms with Gasteiger partial charge in [0.05, 0.1) is 6.54 Å². The summed E-state index contributed by atoms with van der Waals surface area (Å²) in [5, 5.41) is 0. The van der Waals surface area contributed by atoms with Crippen molar-refractivity contribution in [2.75, 3.05) is 31.3 Å². The zero-order valence-electron chi connectivity index (χ0n) is 9.23. The van der Waals surface area contributed by atoms with Crippen LogP contribution in [-0.4, -0.2) is 54.9 Å². The van der Waals surface area contributed by atoms with Crippen molar-refractivity contribution in [3.05, 3.63) is 0 Å². The Hall–Kier alpha value is -0.140. The second-order valence-electron chi connectivity index (χ2n) is 3.04. The summed E-state index contributed by atoms with van der Waals surface area (Å²) in [5.74, 6) is -0.174. The summed E-state index contributed by atoms with van der Waals surface area (Å²) in [6.45, 7) is 4.81. The second-order valence-corrected chi connectivity index (χ2v) is 6.42. The first-order valence-electron chi connectivity index (χ1n) is 4.66. The Balaban J connectivity index is 4.42. The predicted molar refractivity (Wildman–Crippen MR) is 63.3 cm³/mol. The standard InChI is InChI=1S/C8H17BrN2O3S/c1-4-11(5-2)8(12)6-10(3)15(13,14)7-9/h4-7H2,1-3H3. The topological polar surface area (TPSA) is 57.7 Å². The van der Waals surface area contributed by atoms with Crippen molar-refractivity contribution in [3.63, 3.8) is 0 Å². The Morgan fingerprint density at radius 3 is 2.07 bits per heavy atom. The fourth-order valence-corrected chi connectivity index (χ4v) is 2.57. The Bertz CT molecular complexity index is 301. The van der Waals surface area contributed by atoms with Crippen molar-refractivity contribution < 1.29 is 13.2 Å². The zero-order chi connectivity index (χ0) is 12.1. The molecule has 0 aromatic rings. The number of amides is 1. The number of carbonyl (C=O) groups excluding carboxylic acids is 1. The zero-order valence-corrected chi connectivity index (χ0v) is 11.6. The van der Waals surface area contributed by atoms with Crippen LogP contribution in [0.25, 0.3) is 0 Å². The lowest BCUT2D eigenvalue weighted by Gasteiger charge is -2.22. The van der Waals surface area contributed by atoms with Gasteiger partial charge in [-0.05, 0) is 13.8 Å². The summed E-state index contributed by atoms with van der Waals surface area (Å²) < 4.78 is 23.6. The van der Waals surface area contributed by atoms with Gasteiger partial charge in [0.2, 0.25) is 15.9 Å². The minimum Gasteiger partial charge on any atom is -0.342 e. The van der Waals surface area contributed by atoms with Crippen LogP contribution in [0.2, 0.25) is 0 Å². The molecule has 5 nitrogen and oxygen atoms in total. The fraction of sp³-hybridized carbons (Fsp3) is 0.875. The molecule has 0 bridgehead atoms. The van der Waals surface area contributed by atoms with Gasteiger partial charge in [0.15, 0.2) is 0 Å². The summed E-state index contributed by atoms with van der Waals surface area (Å²) in [5.41, 5.74) is 0. The molecule has 0 spiro atoms. The summed E-state index contributed by atoms with van der Waals surface area (Å²) >= 11 is 2.88. The van der Waals surface area contributed by atoms with Crippen LogP contribution in [0.4, 0.5) is 0 Å². The molecular formula is C8H17BrN2O3S. The molecule has 0 aliphatic heterocycles. The average molecular weight is 301 g/mol. The Morgan fingerprint density at radius 1 is 1.27 bits per heavy atom. The van der Waals surface area contributed by atoms with E-state index >= 15 is 0 Å². The maximum absolute atomic E-state index is 11.6. The predicted octanol–water partition coefficient (Wildman–Crippen LogP) is 0.469. The van der Waals surface area contributed by atoms with Crippen LogP contribution in [-0.2, 0) is 14.8 Å². The summed E-state index contributed by atoms with van der Waals surface area (Å²) in [6, 6.07) is 0. The van der Waals surface area contributed by atoms with Gasteiger partial charge >= 0.3 is 0 Å². The van der Waals surface area contributed by atoms with E-state index in [4.69, 9.17) is 0 Å². The molecule has 0 aliphatic rings. The van der Waals surface area contributed by atoms with E-state index in [2.05, 4.69) is 15.9 Å². The molecule has 1 amide bonds. The van der Waals surface area contributed by atoms with Gasteiger partial charge in [0.25, 0.3) is 0 Å². The fourth-order valence-electron chi connectivity index (χ4n) is 1.05. The van der Waals surface area contributed by atoms with Gasteiger partial charge in [0.1, 0.15) is 4.66 Å². The van der Waals surface area contributed by atoms with Gasteiger partial charge in [-0.3, -0.25) is 4.79 Å². The lowest BCUT2D eigenvalue weighted by Crippen LogP contribution is -2.41. The first kappa shape index (κ1) is 14.9. The summed E-state index contributed by atoms with van der Waals surface area (Å²) in [4.78, 5) is 13.2. The van der Waals surface area contributed by atoms with Crippen LogP contribution < -0.4 is 0 Å². The lowest BCUT2D eigenvalue weighted by atomic mass is 10.4. The largest absolute Gasteiger partial charge is 0.342 e. The highest BCUT2D eigenvalue weighted by Crippen LogP contribution is 2.02. The Morgan fingerprint density at radius 2 is 1.73 bits per heavy atom. The van der Waals surface area contributed by atoms with Gasteiger partial charge in [-0.15, -0.1) is 0 Å². The van der Waals surface area contributed by atoms with Gasteiger partial charge in [-0.2, -0.15) is 4.31 Å². The molecule has 0 heterocycles. The highest BCUT2D eigenvalue weighted by molar-refractivity contribution is 9.10. The van der Waals surface area contributed by atoms with Gasteiger partial charge < -0.3 is 4.90 Å². The van der Waals surface area contributed by atoms with Crippen molar-refractivity contribution in [2.24, 2.45) is 0 Å². The van der Waals surface area contributed by atoms with Crippen molar-refractivity contribution in [2.45, 2.75) is 13.8 Å². The Labute approximate surface area is 99.6 Å². The number of carbonyl (C=O) groups is 1. The number of alkyl halides is 1. The first-order valence-corrected chi connectivity index (χ1v) is 7.39. The molecule has 0 fully saturated rings. The van der Waals surface area contributed by atoms with Crippen LogP contribution in [0, 0.1) is 0 Å². The molecule has 0 radical (unpaired) electrons. The molecule has 0 atom stereocenters. The molecule has 0 N–H and O–H groups in total. The molecule has 0 aromatic carbocycles. The molecule has 0 rings (SSSR count). The normalized spacial score (nSPS) is 11.8. The molecule has 90 valence electrons. The minimum atomic E-state index is -3.34. The maximum atomic E-state index is 11.6.